The molecule has 1 N–H and O–H groups in total. The van der Waals surface area contributed by atoms with Gasteiger partial charge in [0.05, 0.1) is 13.2 Å². The zero-order valence-corrected chi connectivity index (χ0v) is 10.00. The van der Waals surface area contributed by atoms with Crippen LogP contribution in [0.25, 0.3) is 0 Å². The van der Waals surface area contributed by atoms with E-state index in [-0.39, 0.29) is 0 Å². The summed E-state index contributed by atoms with van der Waals surface area (Å²) in [6.07, 6.45) is 1.12. The molecule has 0 radical (unpaired) electrons. The van der Waals surface area contributed by atoms with Gasteiger partial charge in [-0.2, -0.15) is 0 Å². The first kappa shape index (κ1) is 12.9. The SMILES string of the molecule is COCCOCCCN1CCNCC1C. The number of piperazine rings is 1. The fourth-order valence-corrected chi connectivity index (χ4v) is 1.83. The van der Waals surface area contributed by atoms with Crippen LogP contribution in [0.2, 0.25) is 0 Å². The van der Waals surface area contributed by atoms with E-state index >= 15 is 0 Å². The zero-order chi connectivity index (χ0) is 10.9. The van der Waals surface area contributed by atoms with Crippen molar-refractivity contribution in [3.8, 4) is 0 Å². The minimum Gasteiger partial charge on any atom is -0.382 e. The molecule has 0 saturated carbocycles. The average molecular weight is 216 g/mol. The van der Waals surface area contributed by atoms with E-state index in [1.54, 1.807) is 7.11 Å². The normalized spacial score (nSPS) is 23.2. The molecule has 0 bridgehead atoms. The number of hydrogen-bond acceptors (Lipinski definition) is 4. The number of methoxy groups -OCH3 is 1. The van der Waals surface area contributed by atoms with E-state index in [2.05, 4.69) is 17.1 Å². The van der Waals surface area contributed by atoms with E-state index in [9.17, 15) is 0 Å². The summed E-state index contributed by atoms with van der Waals surface area (Å²) in [5, 5.41) is 3.39. The van der Waals surface area contributed by atoms with Gasteiger partial charge in [0.2, 0.25) is 0 Å². The Hall–Kier alpha value is -0.160. The molecule has 4 heteroatoms. The highest BCUT2D eigenvalue weighted by molar-refractivity contribution is 4.75. The molecule has 1 saturated heterocycles. The summed E-state index contributed by atoms with van der Waals surface area (Å²) in [7, 11) is 1.70. The second-order valence-corrected chi connectivity index (χ2v) is 4.05. The van der Waals surface area contributed by atoms with E-state index in [1.807, 2.05) is 0 Å². The minimum atomic E-state index is 0.665. The quantitative estimate of drug-likeness (QED) is 0.622. The summed E-state index contributed by atoms with van der Waals surface area (Å²) in [6, 6.07) is 0.665. The maximum Gasteiger partial charge on any atom is 0.0700 e. The molecule has 0 aromatic carbocycles. The van der Waals surface area contributed by atoms with Gasteiger partial charge in [-0.3, -0.25) is 4.90 Å². The largest absolute Gasteiger partial charge is 0.382 e. The Bertz CT molecular complexity index is 156. The second kappa shape index (κ2) is 8.05. The maximum absolute atomic E-state index is 5.43. The van der Waals surface area contributed by atoms with Crippen molar-refractivity contribution in [2.45, 2.75) is 19.4 Å². The van der Waals surface area contributed by atoms with E-state index in [1.165, 1.54) is 6.54 Å². The van der Waals surface area contributed by atoms with Crippen LogP contribution < -0.4 is 5.32 Å². The Balaban J connectivity index is 1.94. The van der Waals surface area contributed by atoms with E-state index < -0.39 is 0 Å². The monoisotopic (exact) mass is 216 g/mol. The Kier molecular flexibility index (Phi) is 6.92. The highest BCUT2D eigenvalue weighted by Crippen LogP contribution is 2.02. The molecule has 1 rings (SSSR count). The van der Waals surface area contributed by atoms with Gasteiger partial charge < -0.3 is 14.8 Å². The zero-order valence-electron chi connectivity index (χ0n) is 10.00. The van der Waals surface area contributed by atoms with Gasteiger partial charge in [0.25, 0.3) is 0 Å². The molecule has 1 unspecified atom stereocenters. The van der Waals surface area contributed by atoms with Crippen molar-refractivity contribution in [1.29, 1.82) is 0 Å². The predicted octanol–water partition coefficient (Wildman–Crippen LogP) is 0.333. The topological polar surface area (TPSA) is 33.7 Å². The van der Waals surface area contributed by atoms with Crippen LogP contribution in [0.1, 0.15) is 13.3 Å². The lowest BCUT2D eigenvalue weighted by Crippen LogP contribution is -2.50. The molecule has 1 atom stereocenters. The molecule has 0 aromatic rings. The number of nitrogens with one attached hydrogen (secondary N) is 1. The molecular formula is C11H24N2O2. The molecule has 0 amide bonds. The number of hydrogen-bond donors (Lipinski definition) is 1. The van der Waals surface area contributed by atoms with Crippen molar-refractivity contribution >= 4 is 0 Å². The summed E-state index contributed by atoms with van der Waals surface area (Å²) in [5.74, 6) is 0. The van der Waals surface area contributed by atoms with Crippen LogP contribution in [0.15, 0.2) is 0 Å². The molecule has 4 nitrogen and oxygen atoms in total. The van der Waals surface area contributed by atoms with Crippen LogP contribution in [-0.4, -0.2) is 64.1 Å². The van der Waals surface area contributed by atoms with Gasteiger partial charge in [0.1, 0.15) is 0 Å². The lowest BCUT2D eigenvalue weighted by atomic mass is 10.2. The number of ether oxygens (including phenoxy) is 2. The third kappa shape index (κ3) is 5.47. The molecular weight excluding hydrogens is 192 g/mol. The Morgan fingerprint density at radius 2 is 2.20 bits per heavy atom. The maximum atomic E-state index is 5.43. The van der Waals surface area contributed by atoms with Crippen molar-refractivity contribution in [2.24, 2.45) is 0 Å². The van der Waals surface area contributed by atoms with Gasteiger partial charge in [-0.15, -0.1) is 0 Å². The van der Waals surface area contributed by atoms with Crippen LogP contribution >= 0.6 is 0 Å². The Labute approximate surface area is 92.9 Å². The van der Waals surface area contributed by atoms with Gasteiger partial charge in [0.15, 0.2) is 0 Å². The van der Waals surface area contributed by atoms with Crippen molar-refractivity contribution in [3.05, 3.63) is 0 Å². The van der Waals surface area contributed by atoms with Gasteiger partial charge >= 0.3 is 0 Å². The van der Waals surface area contributed by atoms with Gasteiger partial charge in [-0.1, -0.05) is 0 Å². The molecule has 0 aromatic heterocycles. The lowest BCUT2D eigenvalue weighted by molar-refractivity contribution is 0.0615. The number of rotatable bonds is 7. The molecule has 1 fully saturated rings. The first-order valence-corrected chi connectivity index (χ1v) is 5.86. The lowest BCUT2D eigenvalue weighted by Gasteiger charge is -2.33. The summed E-state index contributed by atoms with van der Waals surface area (Å²) in [4.78, 5) is 2.52. The standard InChI is InChI=1S/C11H24N2O2/c1-11-10-12-4-6-13(11)5-3-7-15-9-8-14-2/h11-12H,3-10H2,1-2H3. The predicted molar refractivity (Wildman–Crippen MR) is 61.2 cm³/mol. The number of nitrogens with zero attached hydrogens (tertiary/aromatic N) is 1. The fourth-order valence-electron chi connectivity index (χ4n) is 1.83. The van der Waals surface area contributed by atoms with Crippen LogP contribution in [0, 0.1) is 0 Å². The Morgan fingerprint density at radius 3 is 2.93 bits per heavy atom. The molecule has 1 heterocycles. The van der Waals surface area contributed by atoms with Crippen LogP contribution in [0.5, 0.6) is 0 Å². The Morgan fingerprint density at radius 1 is 1.33 bits per heavy atom. The highest BCUT2D eigenvalue weighted by Gasteiger charge is 2.16. The first-order valence-electron chi connectivity index (χ1n) is 5.86. The fraction of sp³-hybridized carbons (Fsp3) is 1.00. The summed E-state index contributed by atoms with van der Waals surface area (Å²) >= 11 is 0. The third-order valence-corrected chi connectivity index (χ3v) is 2.80. The average Bonchev–Trinajstić information content (AvgIpc) is 2.25. The van der Waals surface area contributed by atoms with Crippen molar-refractivity contribution in [3.63, 3.8) is 0 Å². The van der Waals surface area contributed by atoms with Crippen LogP contribution in [-0.2, 0) is 9.47 Å². The van der Waals surface area contributed by atoms with Gasteiger partial charge in [0, 0.05) is 45.9 Å². The van der Waals surface area contributed by atoms with Crippen LogP contribution in [0.4, 0.5) is 0 Å². The highest BCUT2D eigenvalue weighted by atomic mass is 16.5. The van der Waals surface area contributed by atoms with Gasteiger partial charge in [-0.05, 0) is 13.3 Å². The minimum absolute atomic E-state index is 0.665. The van der Waals surface area contributed by atoms with E-state index in [4.69, 9.17) is 9.47 Å². The molecule has 1 aliphatic heterocycles. The van der Waals surface area contributed by atoms with Gasteiger partial charge in [-0.25, -0.2) is 0 Å². The third-order valence-electron chi connectivity index (χ3n) is 2.80. The second-order valence-electron chi connectivity index (χ2n) is 4.05. The smallest absolute Gasteiger partial charge is 0.0700 e. The summed E-state index contributed by atoms with van der Waals surface area (Å²) in [5.41, 5.74) is 0. The summed E-state index contributed by atoms with van der Waals surface area (Å²) in [6.45, 7) is 9.09. The van der Waals surface area contributed by atoms with Crippen molar-refractivity contribution < 1.29 is 9.47 Å². The van der Waals surface area contributed by atoms with Crippen molar-refractivity contribution in [2.75, 3.05) is 53.1 Å². The van der Waals surface area contributed by atoms with E-state index in [0.717, 1.165) is 32.7 Å². The molecule has 15 heavy (non-hydrogen) atoms. The molecule has 0 aliphatic carbocycles. The molecule has 1 aliphatic rings. The van der Waals surface area contributed by atoms with Crippen LogP contribution in [0.3, 0.4) is 0 Å². The molecule has 90 valence electrons. The van der Waals surface area contributed by atoms with E-state index in [0.29, 0.717) is 19.3 Å². The van der Waals surface area contributed by atoms with Crippen molar-refractivity contribution in [1.82, 2.24) is 10.2 Å². The first-order chi connectivity index (χ1) is 7.34. The summed E-state index contributed by atoms with van der Waals surface area (Å²) < 4.78 is 10.3. The molecule has 0 spiro atoms.